The molecule has 0 bridgehead atoms. The summed E-state index contributed by atoms with van der Waals surface area (Å²) in [6.07, 6.45) is 0. The molecule has 1 atom stereocenters. The van der Waals surface area contributed by atoms with Gasteiger partial charge < -0.3 is 35.5 Å². The minimum Gasteiger partial charge on any atom is -0.439 e. The maximum absolute atomic E-state index is 13.2. The summed E-state index contributed by atoms with van der Waals surface area (Å²) in [4.78, 5) is 26.1. The van der Waals surface area contributed by atoms with E-state index in [1.54, 1.807) is 69.3 Å². The third-order valence-electron chi connectivity index (χ3n) is 5.01. The molecule has 10 heteroatoms. The van der Waals surface area contributed by atoms with Crippen LogP contribution in [-0.4, -0.2) is 41.0 Å². The molecule has 1 unspecified atom stereocenters. The SMILES string of the molecule is CCO.CCO.CCO.N#CC1=C(N)Oc2c(c(=O)oc3ccccc23)C12C(=O)Nc1ccccc12. The Morgan fingerprint density at radius 1 is 0.972 bits per heavy atom. The first kappa shape index (κ1) is 28.1. The fraction of sp³-hybridized carbons (Fsp3) is 0.269. The van der Waals surface area contributed by atoms with Gasteiger partial charge in [0.2, 0.25) is 11.8 Å². The molecule has 6 N–H and O–H groups in total. The van der Waals surface area contributed by atoms with E-state index in [0.717, 1.165) is 0 Å². The number of ether oxygens (including phenoxy) is 1. The lowest BCUT2D eigenvalue weighted by atomic mass is 9.69. The molecule has 2 aromatic carbocycles. The number of fused-ring (bicyclic) bond motifs is 6. The molecule has 1 amide bonds. The summed E-state index contributed by atoms with van der Waals surface area (Å²) < 4.78 is 11.1. The van der Waals surface area contributed by atoms with E-state index < -0.39 is 16.9 Å². The molecule has 1 spiro atoms. The molecule has 5 rings (SSSR count). The van der Waals surface area contributed by atoms with Crippen LogP contribution in [0.15, 0.2) is 69.2 Å². The highest BCUT2D eigenvalue weighted by Crippen LogP contribution is 2.53. The van der Waals surface area contributed by atoms with Crippen molar-refractivity contribution in [1.29, 1.82) is 5.26 Å². The highest BCUT2D eigenvalue weighted by Gasteiger charge is 2.58. The van der Waals surface area contributed by atoms with Crippen LogP contribution in [0.5, 0.6) is 5.75 Å². The summed E-state index contributed by atoms with van der Waals surface area (Å²) in [7, 11) is 0. The number of amides is 1. The van der Waals surface area contributed by atoms with Crippen LogP contribution in [-0.2, 0) is 10.2 Å². The summed E-state index contributed by atoms with van der Waals surface area (Å²) >= 11 is 0. The topological polar surface area (TPSA) is 179 Å². The van der Waals surface area contributed by atoms with Gasteiger partial charge in [0.15, 0.2) is 11.2 Å². The molecule has 3 heterocycles. The minimum atomic E-state index is -1.71. The lowest BCUT2D eigenvalue weighted by Gasteiger charge is -2.32. The summed E-state index contributed by atoms with van der Waals surface area (Å²) in [5.74, 6) is -0.631. The molecule has 0 aliphatic carbocycles. The van der Waals surface area contributed by atoms with E-state index in [1.807, 2.05) is 6.07 Å². The Kier molecular flexibility index (Phi) is 9.75. The lowest BCUT2D eigenvalue weighted by molar-refractivity contribution is -0.118. The zero-order valence-corrected chi connectivity index (χ0v) is 20.2. The maximum atomic E-state index is 13.2. The average molecular weight is 496 g/mol. The Morgan fingerprint density at radius 2 is 1.53 bits per heavy atom. The number of nitrogens with one attached hydrogen (secondary N) is 1. The molecule has 2 aliphatic rings. The quantitative estimate of drug-likeness (QED) is 0.292. The van der Waals surface area contributed by atoms with E-state index >= 15 is 0 Å². The normalized spacial score (nSPS) is 16.5. The van der Waals surface area contributed by atoms with Crippen LogP contribution in [0.2, 0.25) is 0 Å². The Balaban J connectivity index is 0.000000447. The Morgan fingerprint density at radius 3 is 2.14 bits per heavy atom. The number of carbonyl (C=O) groups excluding carboxylic acids is 1. The number of para-hydroxylation sites is 2. The number of rotatable bonds is 0. The predicted octanol–water partition coefficient (Wildman–Crippen LogP) is 2.11. The monoisotopic (exact) mass is 495 g/mol. The van der Waals surface area contributed by atoms with Crippen LogP contribution < -0.4 is 21.4 Å². The number of hydrogen-bond donors (Lipinski definition) is 5. The van der Waals surface area contributed by atoms with Gasteiger partial charge in [-0.2, -0.15) is 5.26 Å². The van der Waals surface area contributed by atoms with Crippen molar-refractivity contribution in [3.8, 4) is 11.8 Å². The summed E-state index contributed by atoms with van der Waals surface area (Å²) in [6, 6.07) is 15.6. The molecule has 2 aliphatic heterocycles. The molecule has 0 radical (unpaired) electrons. The first-order valence-corrected chi connectivity index (χ1v) is 11.2. The second kappa shape index (κ2) is 12.5. The number of benzene rings is 2. The molecule has 0 saturated carbocycles. The van der Waals surface area contributed by atoms with Crippen molar-refractivity contribution in [3.63, 3.8) is 0 Å². The Labute approximate surface area is 207 Å². The van der Waals surface area contributed by atoms with E-state index in [1.165, 1.54) is 0 Å². The summed E-state index contributed by atoms with van der Waals surface area (Å²) in [5.41, 5.74) is 4.65. The number of carbonyl (C=O) groups is 1. The van der Waals surface area contributed by atoms with Crippen molar-refractivity contribution in [2.45, 2.75) is 26.2 Å². The number of aliphatic hydroxyl groups excluding tert-OH is 3. The van der Waals surface area contributed by atoms with Crippen LogP contribution in [0.25, 0.3) is 11.0 Å². The molecule has 190 valence electrons. The summed E-state index contributed by atoms with van der Waals surface area (Å²) in [6.45, 7) is 5.79. The zero-order chi connectivity index (χ0) is 26.9. The first-order chi connectivity index (χ1) is 17.3. The van der Waals surface area contributed by atoms with Crippen LogP contribution in [0.1, 0.15) is 31.9 Å². The average Bonchev–Trinajstić information content (AvgIpc) is 3.13. The van der Waals surface area contributed by atoms with Crippen molar-refractivity contribution in [3.05, 3.63) is 81.5 Å². The second-order valence-corrected chi connectivity index (χ2v) is 7.24. The van der Waals surface area contributed by atoms with E-state index in [2.05, 4.69) is 5.32 Å². The molecule has 1 aromatic heterocycles. The van der Waals surface area contributed by atoms with Gasteiger partial charge >= 0.3 is 5.63 Å². The lowest BCUT2D eigenvalue weighted by Crippen LogP contribution is -2.45. The largest absolute Gasteiger partial charge is 0.439 e. The second-order valence-electron chi connectivity index (χ2n) is 7.24. The van der Waals surface area contributed by atoms with Gasteiger partial charge in [-0.05, 0) is 39.0 Å². The van der Waals surface area contributed by atoms with E-state index in [-0.39, 0.29) is 42.6 Å². The number of anilines is 1. The van der Waals surface area contributed by atoms with E-state index in [9.17, 15) is 14.9 Å². The smallest absolute Gasteiger partial charge is 0.345 e. The van der Waals surface area contributed by atoms with Gasteiger partial charge in [0.05, 0.1) is 5.39 Å². The highest BCUT2D eigenvalue weighted by molar-refractivity contribution is 6.13. The number of hydrogen-bond acceptors (Lipinski definition) is 9. The maximum Gasteiger partial charge on any atom is 0.345 e. The van der Waals surface area contributed by atoms with Crippen LogP contribution in [0.4, 0.5) is 5.69 Å². The van der Waals surface area contributed by atoms with Gasteiger partial charge in [0.25, 0.3) is 0 Å². The highest BCUT2D eigenvalue weighted by atomic mass is 16.5. The fourth-order valence-corrected chi connectivity index (χ4v) is 3.91. The van der Waals surface area contributed by atoms with Gasteiger partial charge in [-0.25, -0.2) is 4.79 Å². The molecular weight excluding hydrogens is 466 g/mol. The Bertz CT molecular complexity index is 1350. The minimum absolute atomic E-state index is 0.0469. The van der Waals surface area contributed by atoms with Gasteiger partial charge in [-0.1, -0.05) is 30.3 Å². The van der Waals surface area contributed by atoms with Crippen molar-refractivity contribution in [1.82, 2.24) is 0 Å². The molecule has 36 heavy (non-hydrogen) atoms. The molecule has 0 saturated heterocycles. The fourth-order valence-electron chi connectivity index (χ4n) is 3.91. The number of nitriles is 1. The number of nitrogens with zero attached hydrogens (tertiary/aromatic N) is 1. The van der Waals surface area contributed by atoms with Gasteiger partial charge in [-0.15, -0.1) is 0 Å². The van der Waals surface area contributed by atoms with E-state index in [0.29, 0.717) is 22.2 Å². The standard InChI is InChI=1S/C20H11N3O4.3C2H6O/c21-9-12-17(22)27-16-10-5-1-4-8-14(10)26-18(24)15(16)20(12)11-6-2-3-7-13(11)23-19(20)25;3*1-2-3/h1-8H,22H2,(H,23,25);3*3H,2H2,1H3. The van der Waals surface area contributed by atoms with Crippen molar-refractivity contribution in [2.75, 3.05) is 25.1 Å². The van der Waals surface area contributed by atoms with Gasteiger partial charge in [0, 0.05) is 31.1 Å². The number of aliphatic hydroxyl groups is 3. The van der Waals surface area contributed by atoms with Crippen LogP contribution in [0.3, 0.4) is 0 Å². The molecule has 10 nitrogen and oxygen atoms in total. The van der Waals surface area contributed by atoms with Gasteiger partial charge in [-0.3, -0.25) is 4.79 Å². The van der Waals surface area contributed by atoms with E-state index in [4.69, 9.17) is 30.2 Å². The third kappa shape index (κ3) is 4.81. The van der Waals surface area contributed by atoms with Gasteiger partial charge in [0.1, 0.15) is 22.8 Å². The van der Waals surface area contributed by atoms with Crippen LogP contribution >= 0.6 is 0 Å². The predicted molar refractivity (Wildman–Crippen MR) is 134 cm³/mol. The molecule has 3 aromatic rings. The third-order valence-corrected chi connectivity index (χ3v) is 5.01. The van der Waals surface area contributed by atoms with Crippen molar-refractivity contribution < 1.29 is 29.3 Å². The van der Waals surface area contributed by atoms with Crippen molar-refractivity contribution >= 4 is 22.6 Å². The van der Waals surface area contributed by atoms with Crippen molar-refractivity contribution in [2.24, 2.45) is 5.73 Å². The molecular formula is C26H29N3O7. The van der Waals surface area contributed by atoms with Crippen LogP contribution in [0, 0.1) is 11.3 Å². The molecule has 0 fully saturated rings. The zero-order valence-electron chi connectivity index (χ0n) is 20.2. The summed E-state index contributed by atoms with van der Waals surface area (Å²) in [5, 5.41) is 35.7. The number of nitrogens with two attached hydrogens (primary N) is 1. The first-order valence-electron chi connectivity index (χ1n) is 11.2. The Hall–Kier alpha value is -4.17.